The summed E-state index contributed by atoms with van der Waals surface area (Å²) in [6.45, 7) is 2.77. The first-order valence-corrected chi connectivity index (χ1v) is 7.10. The topological polar surface area (TPSA) is 84.1 Å². The fraction of sp³-hybridized carbons (Fsp3) is 0.308. The third-order valence-electron chi connectivity index (χ3n) is 2.51. The number of nitrogens with one attached hydrogen (secondary N) is 1. The number of hydrogen-bond donors (Lipinski definition) is 2. The second kappa shape index (κ2) is 6.38. The summed E-state index contributed by atoms with van der Waals surface area (Å²) in [6.07, 6.45) is 0.965. The Kier molecular flexibility index (Phi) is 4.57. The van der Waals surface area contributed by atoms with Crippen molar-refractivity contribution in [2.45, 2.75) is 19.1 Å². The number of aromatic nitrogens is 2. The fourth-order valence-electron chi connectivity index (χ4n) is 1.61. The molecule has 1 heterocycles. The Morgan fingerprint density at radius 2 is 2.26 bits per heavy atom. The van der Waals surface area contributed by atoms with E-state index in [0.29, 0.717) is 27.6 Å². The minimum Gasteiger partial charge on any atom is -0.379 e. The van der Waals surface area contributed by atoms with Gasteiger partial charge in [-0.15, -0.1) is 0 Å². The number of H-pyrrole nitrogens is 1. The Morgan fingerprint density at radius 1 is 1.47 bits per heavy atom. The highest BCUT2D eigenvalue weighted by Crippen LogP contribution is 2.11. The van der Waals surface area contributed by atoms with Crippen molar-refractivity contribution in [3.63, 3.8) is 0 Å². The molecule has 2 aromatic rings. The molecular formula is C13H16N4OS. The first kappa shape index (κ1) is 13.6. The molecule has 0 aliphatic heterocycles. The number of para-hydroxylation sites is 1. The molecule has 19 heavy (non-hydrogen) atoms. The normalized spacial score (nSPS) is 11.9. The van der Waals surface area contributed by atoms with Gasteiger partial charge in [0, 0.05) is 6.54 Å². The van der Waals surface area contributed by atoms with Gasteiger partial charge in [-0.05, 0) is 18.6 Å². The third-order valence-corrected chi connectivity index (χ3v) is 3.35. The zero-order valence-electron chi connectivity index (χ0n) is 10.7. The minimum absolute atomic E-state index is 0.120. The Labute approximate surface area is 115 Å². The maximum absolute atomic E-state index is 11.8. The number of rotatable bonds is 4. The third kappa shape index (κ3) is 3.57. The molecule has 0 unspecified atom stereocenters. The molecule has 100 valence electrons. The van der Waals surface area contributed by atoms with Crippen molar-refractivity contribution in [3.8, 4) is 0 Å². The second-order valence-electron chi connectivity index (χ2n) is 4.04. The lowest BCUT2D eigenvalue weighted by Gasteiger charge is -2.02. The quantitative estimate of drug-likeness (QED) is 0.659. The van der Waals surface area contributed by atoms with Gasteiger partial charge in [0.2, 0.25) is 0 Å². The molecule has 2 rings (SSSR count). The molecule has 0 spiro atoms. The molecule has 0 saturated heterocycles. The number of amidine groups is 1. The minimum atomic E-state index is -0.120. The maximum atomic E-state index is 11.8. The second-order valence-corrected chi connectivity index (χ2v) is 5.03. The van der Waals surface area contributed by atoms with Crippen LogP contribution in [0.15, 0.2) is 34.1 Å². The highest BCUT2D eigenvalue weighted by atomic mass is 32.2. The van der Waals surface area contributed by atoms with Crippen molar-refractivity contribution >= 4 is 27.8 Å². The van der Waals surface area contributed by atoms with Crippen LogP contribution in [0, 0.1) is 0 Å². The highest BCUT2D eigenvalue weighted by molar-refractivity contribution is 8.13. The van der Waals surface area contributed by atoms with Gasteiger partial charge < -0.3 is 10.7 Å². The average Bonchev–Trinajstić information content (AvgIpc) is 2.43. The average molecular weight is 276 g/mol. The van der Waals surface area contributed by atoms with Crippen LogP contribution in [0.2, 0.25) is 0 Å². The molecule has 3 N–H and O–H groups in total. The van der Waals surface area contributed by atoms with Crippen LogP contribution in [0.5, 0.6) is 0 Å². The van der Waals surface area contributed by atoms with Gasteiger partial charge in [-0.1, -0.05) is 30.8 Å². The number of nitrogens with zero attached hydrogens (tertiary/aromatic N) is 2. The molecule has 1 aromatic carbocycles. The van der Waals surface area contributed by atoms with Crippen LogP contribution in [-0.2, 0) is 5.75 Å². The van der Waals surface area contributed by atoms with Crippen molar-refractivity contribution in [1.82, 2.24) is 9.97 Å². The summed E-state index contributed by atoms with van der Waals surface area (Å²) in [5.41, 5.74) is 6.33. The van der Waals surface area contributed by atoms with Gasteiger partial charge in [0.1, 0.15) is 5.82 Å². The molecule has 0 atom stereocenters. The first-order chi connectivity index (χ1) is 9.20. The van der Waals surface area contributed by atoms with E-state index >= 15 is 0 Å². The number of fused-ring (bicyclic) bond motifs is 1. The van der Waals surface area contributed by atoms with Crippen LogP contribution >= 0.6 is 11.8 Å². The molecular weight excluding hydrogens is 260 g/mol. The van der Waals surface area contributed by atoms with Crippen LogP contribution in [0.1, 0.15) is 19.2 Å². The van der Waals surface area contributed by atoms with Gasteiger partial charge in [-0.3, -0.25) is 9.79 Å². The Morgan fingerprint density at radius 3 is 3.05 bits per heavy atom. The number of aliphatic imine (C=N–C) groups is 1. The number of nitrogens with two attached hydrogens (primary N) is 1. The van der Waals surface area contributed by atoms with Crippen molar-refractivity contribution in [2.75, 3.05) is 6.54 Å². The molecule has 0 bridgehead atoms. The van der Waals surface area contributed by atoms with Crippen molar-refractivity contribution in [2.24, 2.45) is 10.7 Å². The fourth-order valence-corrected chi connectivity index (χ4v) is 2.22. The molecule has 0 aliphatic carbocycles. The van der Waals surface area contributed by atoms with Gasteiger partial charge >= 0.3 is 0 Å². The summed E-state index contributed by atoms with van der Waals surface area (Å²) < 4.78 is 0. The van der Waals surface area contributed by atoms with E-state index in [1.165, 1.54) is 11.8 Å². The van der Waals surface area contributed by atoms with E-state index in [2.05, 4.69) is 15.0 Å². The summed E-state index contributed by atoms with van der Waals surface area (Å²) in [5, 5.41) is 1.13. The Hall–Kier alpha value is -1.82. The van der Waals surface area contributed by atoms with Crippen molar-refractivity contribution < 1.29 is 0 Å². The van der Waals surface area contributed by atoms with Gasteiger partial charge in [-0.2, -0.15) is 0 Å². The van der Waals surface area contributed by atoms with Gasteiger partial charge in [0.15, 0.2) is 5.17 Å². The first-order valence-electron chi connectivity index (χ1n) is 6.11. The molecule has 6 heteroatoms. The standard InChI is InChI=1S/C13H16N4OS/c1-2-7-15-13(14)19-8-11-16-10-6-4-3-5-9(10)12(18)17-11/h3-6H,2,7-8H2,1H3,(H2,14,15)(H,16,17,18). The molecule has 5 nitrogen and oxygen atoms in total. The predicted octanol–water partition coefficient (Wildman–Crippen LogP) is 1.88. The van der Waals surface area contributed by atoms with E-state index in [9.17, 15) is 4.79 Å². The smallest absolute Gasteiger partial charge is 0.258 e. The van der Waals surface area contributed by atoms with E-state index in [4.69, 9.17) is 5.73 Å². The van der Waals surface area contributed by atoms with Gasteiger partial charge in [0.05, 0.1) is 16.7 Å². The Balaban J connectivity index is 2.16. The summed E-state index contributed by atoms with van der Waals surface area (Å²) in [5.74, 6) is 1.13. The summed E-state index contributed by atoms with van der Waals surface area (Å²) in [7, 11) is 0. The van der Waals surface area contributed by atoms with Crippen LogP contribution in [-0.4, -0.2) is 21.7 Å². The Bertz CT molecular complexity index is 650. The van der Waals surface area contributed by atoms with Gasteiger partial charge in [-0.25, -0.2) is 4.98 Å². The van der Waals surface area contributed by atoms with Gasteiger partial charge in [0.25, 0.3) is 5.56 Å². The predicted molar refractivity (Wildman–Crippen MR) is 80.4 cm³/mol. The lowest BCUT2D eigenvalue weighted by atomic mass is 10.2. The molecule has 1 aromatic heterocycles. The molecule has 0 fully saturated rings. The monoisotopic (exact) mass is 276 g/mol. The van der Waals surface area contributed by atoms with Crippen molar-refractivity contribution in [3.05, 3.63) is 40.4 Å². The summed E-state index contributed by atoms with van der Waals surface area (Å²) in [6, 6.07) is 7.27. The number of aromatic amines is 1. The van der Waals surface area contributed by atoms with E-state index in [-0.39, 0.29) is 5.56 Å². The zero-order chi connectivity index (χ0) is 13.7. The number of thioether (sulfide) groups is 1. The lowest BCUT2D eigenvalue weighted by molar-refractivity contribution is 0.933. The van der Waals surface area contributed by atoms with Crippen LogP contribution in [0.4, 0.5) is 0 Å². The SMILES string of the molecule is CCCN=C(N)SCc1nc2ccccc2c(=O)[nH]1. The molecule has 0 amide bonds. The number of hydrogen-bond acceptors (Lipinski definition) is 4. The summed E-state index contributed by atoms with van der Waals surface area (Å²) in [4.78, 5) is 23.2. The maximum Gasteiger partial charge on any atom is 0.258 e. The summed E-state index contributed by atoms with van der Waals surface area (Å²) >= 11 is 1.38. The van der Waals surface area contributed by atoms with E-state index < -0.39 is 0 Å². The lowest BCUT2D eigenvalue weighted by Crippen LogP contribution is -2.13. The largest absolute Gasteiger partial charge is 0.379 e. The number of benzene rings is 1. The molecule has 0 radical (unpaired) electrons. The highest BCUT2D eigenvalue weighted by Gasteiger charge is 2.04. The van der Waals surface area contributed by atoms with Crippen LogP contribution in [0.25, 0.3) is 10.9 Å². The van der Waals surface area contributed by atoms with Crippen LogP contribution in [0.3, 0.4) is 0 Å². The zero-order valence-corrected chi connectivity index (χ0v) is 11.5. The molecule has 0 aliphatic rings. The van der Waals surface area contributed by atoms with E-state index in [0.717, 1.165) is 13.0 Å². The van der Waals surface area contributed by atoms with Crippen LogP contribution < -0.4 is 11.3 Å². The van der Waals surface area contributed by atoms with Crippen molar-refractivity contribution in [1.29, 1.82) is 0 Å². The van der Waals surface area contributed by atoms with E-state index in [1.807, 2.05) is 25.1 Å². The molecule has 0 saturated carbocycles. The van der Waals surface area contributed by atoms with E-state index in [1.54, 1.807) is 6.07 Å².